The monoisotopic (exact) mass is 383 g/mol. The van der Waals surface area contributed by atoms with Crippen LogP contribution in [0.4, 0.5) is 5.69 Å². The third kappa shape index (κ3) is 3.77. The molecule has 2 heterocycles. The van der Waals surface area contributed by atoms with Crippen molar-refractivity contribution in [2.24, 2.45) is 0 Å². The van der Waals surface area contributed by atoms with Gasteiger partial charge in [-0.15, -0.1) is 11.3 Å². The van der Waals surface area contributed by atoms with Crippen molar-refractivity contribution in [3.05, 3.63) is 46.5 Å². The van der Waals surface area contributed by atoms with Crippen LogP contribution >= 0.6 is 11.3 Å². The van der Waals surface area contributed by atoms with Gasteiger partial charge in [-0.05, 0) is 49.9 Å². The second kappa shape index (κ2) is 7.82. The van der Waals surface area contributed by atoms with Crippen LogP contribution in [0.25, 0.3) is 10.2 Å². The van der Waals surface area contributed by atoms with Gasteiger partial charge in [0.15, 0.2) is 0 Å². The maximum atomic E-state index is 12.7. The summed E-state index contributed by atoms with van der Waals surface area (Å²) in [6.45, 7) is 2.15. The number of benzene rings is 1. The standard InChI is InChI=1S/C21H25N3O2S/c1-14-18-13-19(20(26)22-16-9-7-15(8-10-16)11-12-25)27-21(18)24(23-14)17-5-3-2-4-6-17/h7-10,13,17,25H,2-6,11-12H2,1H3,(H,22,26). The van der Waals surface area contributed by atoms with Crippen LogP contribution in [0.1, 0.15) is 59.1 Å². The number of amides is 1. The van der Waals surface area contributed by atoms with Crippen molar-refractivity contribution >= 4 is 33.1 Å². The number of aliphatic hydroxyl groups is 1. The maximum absolute atomic E-state index is 12.7. The van der Waals surface area contributed by atoms with E-state index in [0.717, 1.165) is 32.0 Å². The molecule has 0 bridgehead atoms. The molecule has 1 amide bonds. The fraction of sp³-hybridized carbons (Fsp3) is 0.429. The number of rotatable bonds is 5. The molecule has 0 saturated heterocycles. The molecule has 0 aliphatic heterocycles. The normalized spacial score (nSPS) is 15.3. The second-order valence-corrected chi connectivity index (χ2v) is 8.31. The molecule has 6 heteroatoms. The van der Waals surface area contributed by atoms with Crippen molar-refractivity contribution in [2.45, 2.75) is 51.5 Å². The fourth-order valence-corrected chi connectivity index (χ4v) is 4.96. The average Bonchev–Trinajstić information content (AvgIpc) is 3.25. The van der Waals surface area contributed by atoms with E-state index in [1.165, 1.54) is 43.4 Å². The lowest BCUT2D eigenvalue weighted by atomic mass is 9.96. The first kappa shape index (κ1) is 18.2. The zero-order valence-corrected chi connectivity index (χ0v) is 16.4. The number of carbonyl (C=O) groups is 1. The van der Waals surface area contributed by atoms with Gasteiger partial charge in [-0.25, -0.2) is 0 Å². The summed E-state index contributed by atoms with van der Waals surface area (Å²) < 4.78 is 2.16. The number of anilines is 1. The maximum Gasteiger partial charge on any atom is 0.265 e. The van der Waals surface area contributed by atoms with Gasteiger partial charge in [0.2, 0.25) is 0 Å². The lowest BCUT2D eigenvalue weighted by molar-refractivity contribution is 0.103. The second-order valence-electron chi connectivity index (χ2n) is 7.28. The lowest BCUT2D eigenvalue weighted by Gasteiger charge is -2.22. The van der Waals surface area contributed by atoms with Gasteiger partial charge in [0.25, 0.3) is 5.91 Å². The van der Waals surface area contributed by atoms with Crippen LogP contribution in [-0.2, 0) is 6.42 Å². The largest absolute Gasteiger partial charge is 0.396 e. The number of nitrogens with zero attached hydrogens (tertiary/aromatic N) is 2. The highest BCUT2D eigenvalue weighted by atomic mass is 32.1. The minimum absolute atomic E-state index is 0.0827. The molecule has 0 atom stereocenters. The minimum atomic E-state index is -0.0827. The van der Waals surface area contributed by atoms with Gasteiger partial charge in [-0.1, -0.05) is 31.4 Å². The molecule has 142 valence electrons. The first-order chi connectivity index (χ1) is 13.2. The highest BCUT2D eigenvalue weighted by Gasteiger charge is 2.22. The van der Waals surface area contributed by atoms with E-state index in [-0.39, 0.29) is 12.5 Å². The molecule has 2 N–H and O–H groups in total. The summed E-state index contributed by atoms with van der Waals surface area (Å²) in [7, 11) is 0. The molecule has 0 spiro atoms. The van der Waals surface area contributed by atoms with Crippen molar-refractivity contribution in [3.63, 3.8) is 0 Å². The average molecular weight is 384 g/mol. The molecule has 27 heavy (non-hydrogen) atoms. The Hall–Kier alpha value is -2.18. The highest BCUT2D eigenvalue weighted by molar-refractivity contribution is 7.20. The molecule has 4 rings (SSSR count). The zero-order chi connectivity index (χ0) is 18.8. The summed E-state index contributed by atoms with van der Waals surface area (Å²) in [5, 5.41) is 17.8. The smallest absolute Gasteiger partial charge is 0.265 e. The molecule has 1 aromatic carbocycles. The fourth-order valence-electron chi connectivity index (χ4n) is 3.83. The van der Waals surface area contributed by atoms with Crippen LogP contribution in [-0.4, -0.2) is 27.4 Å². The van der Waals surface area contributed by atoms with E-state index in [1.54, 1.807) is 0 Å². The highest BCUT2D eigenvalue weighted by Crippen LogP contribution is 2.35. The Bertz CT molecular complexity index is 936. The van der Waals surface area contributed by atoms with E-state index in [0.29, 0.717) is 12.5 Å². The molecule has 1 aliphatic rings. The number of nitrogens with one attached hydrogen (secondary N) is 1. The molecular formula is C21H25N3O2S. The molecule has 3 aromatic rings. The lowest BCUT2D eigenvalue weighted by Crippen LogP contribution is -2.14. The van der Waals surface area contributed by atoms with Gasteiger partial charge in [-0.3, -0.25) is 9.48 Å². The van der Waals surface area contributed by atoms with Gasteiger partial charge in [0.05, 0.1) is 16.6 Å². The zero-order valence-electron chi connectivity index (χ0n) is 15.6. The van der Waals surface area contributed by atoms with Gasteiger partial charge < -0.3 is 10.4 Å². The molecule has 1 aliphatic carbocycles. The molecule has 2 aromatic heterocycles. The van der Waals surface area contributed by atoms with E-state index < -0.39 is 0 Å². The first-order valence-corrected chi connectivity index (χ1v) is 10.5. The number of aliphatic hydroxyl groups excluding tert-OH is 1. The summed E-state index contributed by atoms with van der Waals surface area (Å²) in [4.78, 5) is 14.6. The Labute approximate surface area is 163 Å². The minimum Gasteiger partial charge on any atom is -0.396 e. The molecule has 0 unspecified atom stereocenters. The van der Waals surface area contributed by atoms with Crippen molar-refractivity contribution in [2.75, 3.05) is 11.9 Å². The van der Waals surface area contributed by atoms with Crippen LogP contribution in [0.15, 0.2) is 30.3 Å². The Kier molecular flexibility index (Phi) is 5.27. The Morgan fingerprint density at radius 2 is 2.00 bits per heavy atom. The quantitative estimate of drug-likeness (QED) is 0.671. The van der Waals surface area contributed by atoms with Gasteiger partial charge in [0.1, 0.15) is 4.83 Å². The summed E-state index contributed by atoms with van der Waals surface area (Å²) in [6, 6.07) is 10.1. The number of aromatic nitrogens is 2. The number of hydrogen-bond acceptors (Lipinski definition) is 4. The van der Waals surface area contributed by atoms with Crippen LogP contribution in [0.5, 0.6) is 0 Å². The summed E-state index contributed by atoms with van der Waals surface area (Å²) in [6.07, 6.45) is 6.81. The van der Waals surface area contributed by atoms with Crippen molar-refractivity contribution in [1.29, 1.82) is 0 Å². The van der Waals surface area contributed by atoms with Gasteiger partial charge >= 0.3 is 0 Å². The molecular weight excluding hydrogens is 358 g/mol. The topological polar surface area (TPSA) is 67.2 Å². The van der Waals surface area contributed by atoms with Gasteiger partial charge in [-0.2, -0.15) is 5.10 Å². The number of thiophene rings is 1. The van der Waals surface area contributed by atoms with E-state index in [2.05, 4.69) is 10.00 Å². The number of hydrogen-bond donors (Lipinski definition) is 2. The Balaban J connectivity index is 1.55. The number of fused-ring (bicyclic) bond motifs is 1. The van der Waals surface area contributed by atoms with Crippen LogP contribution in [0.2, 0.25) is 0 Å². The Morgan fingerprint density at radius 3 is 2.70 bits per heavy atom. The third-order valence-electron chi connectivity index (χ3n) is 5.32. The molecule has 1 fully saturated rings. The van der Waals surface area contributed by atoms with Crippen LogP contribution in [0.3, 0.4) is 0 Å². The molecule has 5 nitrogen and oxygen atoms in total. The summed E-state index contributed by atoms with van der Waals surface area (Å²) >= 11 is 1.53. The van der Waals surface area contributed by atoms with Crippen molar-refractivity contribution < 1.29 is 9.90 Å². The molecule has 1 saturated carbocycles. The van der Waals surface area contributed by atoms with Crippen LogP contribution in [0, 0.1) is 6.92 Å². The van der Waals surface area contributed by atoms with Crippen LogP contribution < -0.4 is 5.32 Å². The summed E-state index contributed by atoms with van der Waals surface area (Å²) in [5.74, 6) is -0.0827. The van der Waals surface area contributed by atoms with E-state index in [9.17, 15) is 4.79 Å². The van der Waals surface area contributed by atoms with E-state index in [4.69, 9.17) is 10.2 Å². The third-order valence-corrected chi connectivity index (χ3v) is 6.45. The SMILES string of the molecule is Cc1nn(C2CCCCC2)c2sc(C(=O)Nc3ccc(CCO)cc3)cc12. The van der Waals surface area contributed by atoms with Crippen molar-refractivity contribution in [3.8, 4) is 0 Å². The first-order valence-electron chi connectivity index (χ1n) is 9.65. The Morgan fingerprint density at radius 1 is 1.26 bits per heavy atom. The predicted molar refractivity (Wildman–Crippen MR) is 110 cm³/mol. The summed E-state index contributed by atoms with van der Waals surface area (Å²) in [5.41, 5.74) is 2.82. The number of carbonyl (C=O) groups excluding carboxylic acids is 1. The molecule has 0 radical (unpaired) electrons. The predicted octanol–water partition coefficient (Wildman–Crippen LogP) is 4.70. The van der Waals surface area contributed by atoms with Crippen molar-refractivity contribution in [1.82, 2.24) is 9.78 Å². The van der Waals surface area contributed by atoms with E-state index >= 15 is 0 Å². The van der Waals surface area contributed by atoms with Gasteiger partial charge in [0, 0.05) is 17.7 Å². The van der Waals surface area contributed by atoms with E-state index in [1.807, 2.05) is 37.3 Å². The number of aryl methyl sites for hydroxylation is 1.